The van der Waals surface area contributed by atoms with Crippen molar-refractivity contribution in [1.29, 1.82) is 0 Å². The molecule has 16 heavy (non-hydrogen) atoms. The van der Waals surface area contributed by atoms with E-state index < -0.39 is 5.60 Å². The van der Waals surface area contributed by atoms with Crippen LogP contribution >= 0.6 is 0 Å². The second-order valence-electron chi connectivity index (χ2n) is 5.98. The van der Waals surface area contributed by atoms with Crippen LogP contribution in [0.5, 0.6) is 0 Å². The zero-order valence-corrected chi connectivity index (χ0v) is 10.5. The van der Waals surface area contributed by atoms with Gasteiger partial charge in [-0.15, -0.1) is 0 Å². The van der Waals surface area contributed by atoms with E-state index in [0.717, 1.165) is 30.4 Å². The van der Waals surface area contributed by atoms with Gasteiger partial charge in [-0.1, -0.05) is 19.9 Å². The van der Waals surface area contributed by atoms with Gasteiger partial charge in [0.1, 0.15) is 0 Å². The summed E-state index contributed by atoms with van der Waals surface area (Å²) < 4.78 is 0. The van der Waals surface area contributed by atoms with Crippen molar-refractivity contribution in [3.63, 3.8) is 0 Å². The van der Waals surface area contributed by atoms with E-state index in [1.54, 1.807) is 0 Å². The first-order valence-electron chi connectivity index (χ1n) is 6.06. The van der Waals surface area contributed by atoms with Gasteiger partial charge in [-0.2, -0.15) is 0 Å². The van der Waals surface area contributed by atoms with E-state index in [0.29, 0.717) is 0 Å². The average Bonchev–Trinajstić information content (AvgIpc) is 2.15. The highest BCUT2D eigenvalue weighted by Crippen LogP contribution is 2.45. The largest absolute Gasteiger partial charge is 0.385 e. The number of pyridine rings is 1. The molecule has 1 aliphatic carbocycles. The monoisotopic (exact) mass is 219 g/mol. The van der Waals surface area contributed by atoms with Crippen LogP contribution in [0.4, 0.5) is 0 Å². The normalized spacial score (nSPS) is 29.0. The molecule has 0 aliphatic heterocycles. The molecule has 1 heterocycles. The molecule has 0 bridgehead atoms. The van der Waals surface area contributed by atoms with E-state index in [4.69, 9.17) is 0 Å². The first-order chi connectivity index (χ1) is 7.41. The lowest BCUT2D eigenvalue weighted by molar-refractivity contribution is -0.0443. The van der Waals surface area contributed by atoms with Crippen molar-refractivity contribution >= 4 is 0 Å². The topological polar surface area (TPSA) is 33.1 Å². The Kier molecular flexibility index (Phi) is 2.79. The van der Waals surface area contributed by atoms with Gasteiger partial charge in [-0.05, 0) is 43.6 Å². The molecule has 0 amide bonds. The summed E-state index contributed by atoms with van der Waals surface area (Å²) in [6.45, 7) is 6.49. The average molecular weight is 219 g/mol. The predicted molar refractivity (Wildman–Crippen MR) is 65.1 cm³/mol. The lowest BCUT2D eigenvalue weighted by atomic mass is 9.67. The Morgan fingerprint density at radius 3 is 2.62 bits per heavy atom. The molecule has 1 atom stereocenters. The third-order valence-corrected chi connectivity index (χ3v) is 3.63. The van der Waals surface area contributed by atoms with Gasteiger partial charge in [0, 0.05) is 18.0 Å². The Bertz CT molecular complexity index is 386. The molecule has 0 aromatic carbocycles. The molecule has 2 heteroatoms. The summed E-state index contributed by atoms with van der Waals surface area (Å²) >= 11 is 0. The summed E-state index contributed by atoms with van der Waals surface area (Å²) in [5.74, 6) is 0. The molecular formula is C14H21NO. The maximum atomic E-state index is 10.8. The zero-order chi connectivity index (χ0) is 11.8. The fraction of sp³-hybridized carbons (Fsp3) is 0.643. The SMILES string of the molecule is Cc1cncc(C2(O)CCCC(C)(C)C2)c1. The van der Waals surface area contributed by atoms with Gasteiger partial charge in [0.25, 0.3) is 0 Å². The van der Waals surface area contributed by atoms with Crippen LogP contribution in [0, 0.1) is 12.3 Å². The molecule has 1 fully saturated rings. The van der Waals surface area contributed by atoms with Gasteiger partial charge < -0.3 is 5.11 Å². The highest BCUT2D eigenvalue weighted by Gasteiger charge is 2.39. The van der Waals surface area contributed by atoms with Crippen LogP contribution in [0.3, 0.4) is 0 Å². The van der Waals surface area contributed by atoms with Crippen LogP contribution in [0.1, 0.15) is 50.7 Å². The number of nitrogens with zero attached hydrogens (tertiary/aromatic N) is 1. The molecule has 0 spiro atoms. The molecule has 1 N–H and O–H groups in total. The molecule has 1 saturated carbocycles. The molecule has 1 unspecified atom stereocenters. The Labute approximate surface area is 97.7 Å². The highest BCUT2D eigenvalue weighted by molar-refractivity contribution is 5.24. The molecule has 1 aromatic heterocycles. The van der Waals surface area contributed by atoms with Crippen LogP contribution in [-0.4, -0.2) is 10.1 Å². The molecule has 88 valence electrons. The van der Waals surface area contributed by atoms with Crippen LogP contribution in [-0.2, 0) is 5.60 Å². The number of aromatic nitrogens is 1. The standard InChI is InChI=1S/C14H21NO/c1-11-7-12(9-15-8-11)14(16)6-4-5-13(2,3)10-14/h7-9,16H,4-6,10H2,1-3H3. The molecule has 0 radical (unpaired) electrons. The van der Waals surface area contributed by atoms with E-state index >= 15 is 0 Å². The summed E-state index contributed by atoms with van der Waals surface area (Å²) in [7, 11) is 0. The lowest BCUT2D eigenvalue weighted by Crippen LogP contribution is -2.36. The van der Waals surface area contributed by atoms with Crippen LogP contribution < -0.4 is 0 Å². The minimum Gasteiger partial charge on any atom is -0.385 e. The first kappa shape index (κ1) is 11.6. The Hall–Kier alpha value is -0.890. The Balaban J connectivity index is 2.31. The molecule has 0 saturated heterocycles. The molecule has 2 nitrogen and oxygen atoms in total. The third kappa shape index (κ3) is 2.27. The van der Waals surface area contributed by atoms with Crippen molar-refractivity contribution in [2.45, 2.75) is 52.1 Å². The second kappa shape index (κ2) is 3.85. The first-order valence-corrected chi connectivity index (χ1v) is 6.06. The van der Waals surface area contributed by atoms with Gasteiger partial charge in [0.05, 0.1) is 5.60 Å². The van der Waals surface area contributed by atoms with Crippen molar-refractivity contribution in [3.05, 3.63) is 29.6 Å². The highest BCUT2D eigenvalue weighted by atomic mass is 16.3. The number of rotatable bonds is 1. The smallest absolute Gasteiger partial charge is 0.0916 e. The quantitative estimate of drug-likeness (QED) is 0.787. The molecule has 2 rings (SSSR count). The minimum atomic E-state index is -0.666. The van der Waals surface area contributed by atoms with Crippen LogP contribution in [0.2, 0.25) is 0 Å². The summed E-state index contributed by atoms with van der Waals surface area (Å²) in [4.78, 5) is 4.19. The van der Waals surface area contributed by atoms with Gasteiger partial charge in [-0.3, -0.25) is 4.98 Å². The van der Waals surface area contributed by atoms with Crippen LogP contribution in [0.25, 0.3) is 0 Å². The van der Waals surface area contributed by atoms with Gasteiger partial charge in [-0.25, -0.2) is 0 Å². The second-order valence-corrected chi connectivity index (χ2v) is 5.98. The number of aryl methyl sites for hydroxylation is 1. The van der Waals surface area contributed by atoms with E-state index in [1.165, 1.54) is 6.42 Å². The van der Waals surface area contributed by atoms with Gasteiger partial charge in [0.2, 0.25) is 0 Å². The van der Waals surface area contributed by atoms with Crippen LogP contribution in [0.15, 0.2) is 18.5 Å². The maximum Gasteiger partial charge on any atom is 0.0916 e. The predicted octanol–water partition coefficient (Wildman–Crippen LogP) is 3.18. The number of aliphatic hydroxyl groups is 1. The third-order valence-electron chi connectivity index (χ3n) is 3.63. The van der Waals surface area contributed by atoms with Crippen molar-refractivity contribution in [2.24, 2.45) is 5.41 Å². The zero-order valence-electron chi connectivity index (χ0n) is 10.5. The summed E-state index contributed by atoms with van der Waals surface area (Å²) in [6, 6.07) is 2.06. The minimum absolute atomic E-state index is 0.233. The summed E-state index contributed by atoms with van der Waals surface area (Å²) in [6.07, 6.45) is 7.65. The van der Waals surface area contributed by atoms with E-state index in [-0.39, 0.29) is 5.41 Å². The summed E-state index contributed by atoms with van der Waals surface area (Å²) in [5, 5.41) is 10.8. The summed E-state index contributed by atoms with van der Waals surface area (Å²) in [5.41, 5.74) is 1.67. The fourth-order valence-electron chi connectivity index (χ4n) is 2.88. The van der Waals surface area contributed by atoms with Gasteiger partial charge in [0.15, 0.2) is 0 Å². The Morgan fingerprint density at radius 1 is 1.25 bits per heavy atom. The molecular weight excluding hydrogens is 198 g/mol. The lowest BCUT2D eigenvalue weighted by Gasteiger charge is -2.41. The van der Waals surface area contributed by atoms with E-state index in [1.807, 2.05) is 19.3 Å². The van der Waals surface area contributed by atoms with E-state index in [9.17, 15) is 5.11 Å². The molecule has 1 aromatic rings. The fourth-order valence-corrected chi connectivity index (χ4v) is 2.88. The van der Waals surface area contributed by atoms with Gasteiger partial charge >= 0.3 is 0 Å². The van der Waals surface area contributed by atoms with Crippen molar-refractivity contribution < 1.29 is 5.11 Å². The number of hydrogen-bond acceptors (Lipinski definition) is 2. The number of hydrogen-bond donors (Lipinski definition) is 1. The molecule has 1 aliphatic rings. The Morgan fingerprint density at radius 2 is 2.00 bits per heavy atom. The maximum absolute atomic E-state index is 10.8. The van der Waals surface area contributed by atoms with Crippen molar-refractivity contribution in [1.82, 2.24) is 4.98 Å². The van der Waals surface area contributed by atoms with E-state index in [2.05, 4.69) is 24.9 Å². The van der Waals surface area contributed by atoms with Crippen molar-refractivity contribution in [2.75, 3.05) is 0 Å². The van der Waals surface area contributed by atoms with Crippen molar-refractivity contribution in [3.8, 4) is 0 Å².